The molecule has 2 heteroatoms. The summed E-state index contributed by atoms with van der Waals surface area (Å²) < 4.78 is 0. The molecule has 2 rings (SSSR count). The Balaban J connectivity index is 2.22. The summed E-state index contributed by atoms with van der Waals surface area (Å²) in [4.78, 5) is 12.4. The van der Waals surface area contributed by atoms with Crippen LogP contribution >= 0.6 is 0 Å². The molecule has 0 saturated carbocycles. The minimum absolute atomic E-state index is 0.00333. The summed E-state index contributed by atoms with van der Waals surface area (Å²) in [5.41, 5.74) is 6.68. The number of carbonyl (C=O) groups is 1. The minimum atomic E-state index is -0.0155. The van der Waals surface area contributed by atoms with Gasteiger partial charge in [0.2, 0.25) is 0 Å². The molecule has 0 heterocycles. The maximum absolute atomic E-state index is 12.4. The normalized spacial score (nSPS) is 12.0. The van der Waals surface area contributed by atoms with Crippen molar-refractivity contribution in [2.75, 3.05) is 0 Å². The summed E-state index contributed by atoms with van der Waals surface area (Å²) in [6.45, 7) is 10.3. The van der Waals surface area contributed by atoms with Gasteiger partial charge in [-0.3, -0.25) is 4.79 Å². The van der Waals surface area contributed by atoms with E-state index < -0.39 is 0 Å². The second-order valence-corrected chi connectivity index (χ2v) is 5.80. The molecule has 0 aliphatic rings. The van der Waals surface area contributed by atoms with Crippen LogP contribution in [0.25, 0.3) is 0 Å². The van der Waals surface area contributed by atoms with Gasteiger partial charge in [-0.25, -0.2) is 0 Å². The lowest BCUT2D eigenvalue weighted by molar-refractivity contribution is 0.0939. The Hall–Kier alpha value is -2.09. The first-order valence-electron chi connectivity index (χ1n) is 7.34. The van der Waals surface area contributed by atoms with E-state index in [0.29, 0.717) is 0 Å². The molecule has 0 aromatic heterocycles. The average Bonchev–Trinajstić information content (AvgIpc) is 2.43. The van der Waals surface area contributed by atoms with Crippen LogP contribution in [0.4, 0.5) is 0 Å². The molecule has 110 valence electrons. The second kappa shape index (κ2) is 6.13. The van der Waals surface area contributed by atoms with Crippen LogP contribution in [0.2, 0.25) is 0 Å². The molecule has 0 aliphatic heterocycles. The Kier molecular flexibility index (Phi) is 4.46. The number of hydrogen-bond donors (Lipinski definition) is 1. The van der Waals surface area contributed by atoms with Crippen LogP contribution in [0.5, 0.6) is 0 Å². The summed E-state index contributed by atoms with van der Waals surface area (Å²) in [6, 6.07) is 12.0. The van der Waals surface area contributed by atoms with E-state index in [4.69, 9.17) is 0 Å². The van der Waals surface area contributed by atoms with E-state index in [9.17, 15) is 4.79 Å². The molecule has 1 N–H and O–H groups in total. The SMILES string of the molecule is Cc1cc(C)c(C(C)NC(=O)c2ccccc2C)cc1C. The van der Waals surface area contributed by atoms with Crippen molar-refractivity contribution < 1.29 is 4.79 Å². The fourth-order valence-electron chi connectivity index (χ4n) is 2.63. The summed E-state index contributed by atoms with van der Waals surface area (Å²) in [7, 11) is 0. The minimum Gasteiger partial charge on any atom is -0.345 e. The maximum atomic E-state index is 12.4. The van der Waals surface area contributed by atoms with Crippen LogP contribution in [-0.4, -0.2) is 5.91 Å². The number of hydrogen-bond acceptors (Lipinski definition) is 1. The molecule has 0 aliphatic carbocycles. The van der Waals surface area contributed by atoms with Crippen molar-refractivity contribution in [1.29, 1.82) is 0 Å². The predicted molar refractivity (Wildman–Crippen MR) is 87.7 cm³/mol. The summed E-state index contributed by atoms with van der Waals surface area (Å²) in [5.74, 6) is -0.0155. The van der Waals surface area contributed by atoms with Gasteiger partial charge in [0.15, 0.2) is 0 Å². The molecule has 2 nitrogen and oxygen atoms in total. The maximum Gasteiger partial charge on any atom is 0.252 e. The van der Waals surface area contributed by atoms with Crippen LogP contribution in [0.3, 0.4) is 0 Å². The van der Waals surface area contributed by atoms with Gasteiger partial charge < -0.3 is 5.32 Å². The molecule has 0 saturated heterocycles. The van der Waals surface area contributed by atoms with Gasteiger partial charge in [-0.1, -0.05) is 30.3 Å². The third kappa shape index (κ3) is 3.33. The van der Waals surface area contributed by atoms with Crippen LogP contribution in [-0.2, 0) is 0 Å². The van der Waals surface area contributed by atoms with Gasteiger partial charge >= 0.3 is 0 Å². The van der Waals surface area contributed by atoms with E-state index in [0.717, 1.165) is 11.1 Å². The predicted octanol–water partition coefficient (Wildman–Crippen LogP) is 4.41. The van der Waals surface area contributed by atoms with Crippen LogP contribution in [0, 0.1) is 27.7 Å². The van der Waals surface area contributed by atoms with Gasteiger partial charge in [0, 0.05) is 5.56 Å². The Bertz CT molecular complexity index is 673. The third-order valence-corrected chi connectivity index (χ3v) is 4.09. The number of nitrogens with one attached hydrogen (secondary N) is 1. The molecule has 0 fully saturated rings. The van der Waals surface area contributed by atoms with Crippen molar-refractivity contribution in [2.24, 2.45) is 0 Å². The fourth-order valence-corrected chi connectivity index (χ4v) is 2.63. The van der Waals surface area contributed by atoms with Crippen LogP contribution in [0.1, 0.15) is 51.1 Å². The second-order valence-electron chi connectivity index (χ2n) is 5.80. The Morgan fingerprint density at radius 2 is 1.52 bits per heavy atom. The van der Waals surface area contributed by atoms with E-state index in [-0.39, 0.29) is 11.9 Å². The quantitative estimate of drug-likeness (QED) is 0.887. The van der Waals surface area contributed by atoms with Crippen LogP contribution in [0.15, 0.2) is 36.4 Å². The molecule has 0 radical (unpaired) electrons. The van der Waals surface area contributed by atoms with Crippen molar-refractivity contribution >= 4 is 5.91 Å². The first-order valence-corrected chi connectivity index (χ1v) is 7.34. The molecular formula is C19H23NO. The Morgan fingerprint density at radius 1 is 0.905 bits per heavy atom. The Labute approximate surface area is 127 Å². The third-order valence-electron chi connectivity index (χ3n) is 4.09. The van der Waals surface area contributed by atoms with E-state index >= 15 is 0 Å². The summed E-state index contributed by atoms with van der Waals surface area (Å²) >= 11 is 0. The fraction of sp³-hybridized carbons (Fsp3) is 0.316. The topological polar surface area (TPSA) is 29.1 Å². The van der Waals surface area contributed by atoms with E-state index in [1.54, 1.807) is 0 Å². The lowest BCUT2D eigenvalue weighted by Gasteiger charge is -2.19. The molecule has 0 bridgehead atoms. The zero-order valence-electron chi connectivity index (χ0n) is 13.4. The highest BCUT2D eigenvalue weighted by molar-refractivity contribution is 5.95. The molecule has 1 amide bonds. The standard InChI is InChI=1S/C19H23NO/c1-12-8-6-7-9-17(12)19(21)20-16(5)18-11-14(3)13(2)10-15(18)4/h6-11,16H,1-5H3,(H,20,21). The molecule has 1 atom stereocenters. The highest BCUT2D eigenvalue weighted by Gasteiger charge is 2.15. The number of benzene rings is 2. The summed E-state index contributed by atoms with van der Waals surface area (Å²) in [5, 5.41) is 3.10. The van der Waals surface area contributed by atoms with Crippen molar-refractivity contribution in [3.8, 4) is 0 Å². The smallest absolute Gasteiger partial charge is 0.252 e. The highest BCUT2D eigenvalue weighted by Crippen LogP contribution is 2.22. The van der Waals surface area contributed by atoms with E-state index in [1.807, 2.05) is 38.1 Å². The van der Waals surface area contributed by atoms with Crippen LogP contribution < -0.4 is 5.32 Å². The van der Waals surface area contributed by atoms with Gasteiger partial charge in [-0.15, -0.1) is 0 Å². The molecule has 2 aromatic rings. The van der Waals surface area contributed by atoms with E-state index in [1.165, 1.54) is 22.3 Å². The van der Waals surface area contributed by atoms with Gasteiger partial charge in [0.25, 0.3) is 5.91 Å². The van der Waals surface area contributed by atoms with Gasteiger partial charge in [0.1, 0.15) is 0 Å². The number of carbonyl (C=O) groups excluding carboxylic acids is 1. The number of aryl methyl sites for hydroxylation is 4. The van der Waals surface area contributed by atoms with Crippen molar-refractivity contribution in [2.45, 2.75) is 40.7 Å². The number of rotatable bonds is 3. The van der Waals surface area contributed by atoms with Crippen molar-refractivity contribution in [3.05, 3.63) is 69.8 Å². The summed E-state index contributed by atoms with van der Waals surface area (Å²) in [6.07, 6.45) is 0. The Morgan fingerprint density at radius 3 is 2.19 bits per heavy atom. The van der Waals surface area contributed by atoms with Crippen molar-refractivity contribution in [1.82, 2.24) is 5.32 Å². The van der Waals surface area contributed by atoms with E-state index in [2.05, 4.69) is 38.2 Å². The number of amides is 1. The van der Waals surface area contributed by atoms with Gasteiger partial charge in [-0.2, -0.15) is 0 Å². The molecular weight excluding hydrogens is 258 g/mol. The lowest BCUT2D eigenvalue weighted by Crippen LogP contribution is -2.27. The lowest BCUT2D eigenvalue weighted by atomic mass is 9.96. The molecule has 21 heavy (non-hydrogen) atoms. The first-order chi connectivity index (χ1) is 9.90. The van der Waals surface area contributed by atoms with Gasteiger partial charge in [-0.05, 0) is 68.5 Å². The molecule has 2 aromatic carbocycles. The highest BCUT2D eigenvalue weighted by atomic mass is 16.1. The molecule has 1 unspecified atom stereocenters. The first kappa shape index (κ1) is 15.3. The van der Waals surface area contributed by atoms with Gasteiger partial charge in [0.05, 0.1) is 6.04 Å². The largest absolute Gasteiger partial charge is 0.345 e. The monoisotopic (exact) mass is 281 g/mol. The zero-order valence-corrected chi connectivity index (χ0v) is 13.4. The van der Waals surface area contributed by atoms with Crippen molar-refractivity contribution in [3.63, 3.8) is 0 Å². The molecule has 0 spiro atoms. The zero-order chi connectivity index (χ0) is 15.6. The average molecular weight is 281 g/mol.